The van der Waals surface area contributed by atoms with Gasteiger partial charge in [-0.15, -0.1) is 0 Å². The Morgan fingerprint density at radius 1 is 1.13 bits per heavy atom. The van der Waals surface area contributed by atoms with Gasteiger partial charge in [0.05, 0.1) is 17.4 Å². The molecule has 1 heterocycles. The fourth-order valence-electron chi connectivity index (χ4n) is 4.79. The molecule has 0 saturated carbocycles. The maximum Gasteiger partial charge on any atom is 0.251 e. The van der Waals surface area contributed by atoms with Crippen LogP contribution < -0.4 is 10.6 Å². The number of nitrogens with zero attached hydrogens (tertiary/aromatic N) is 1. The standard InChI is InChI=1S/C25H30N4O2/c1-16(30)29-19-6-7-20-17(13-19)9-10-24(2,3)25(20,4)11-12-26-23(31)18-5-8-21-22(14-18)28-15-27-21/h5-8,13-15H,9-12H2,1-4H3,(H,26,31)(H,27,28)(H,29,30). The molecule has 31 heavy (non-hydrogen) atoms. The summed E-state index contributed by atoms with van der Waals surface area (Å²) in [5, 5.41) is 5.99. The molecule has 0 radical (unpaired) electrons. The number of carbonyl (C=O) groups excluding carboxylic acids is 2. The number of hydrogen-bond acceptors (Lipinski definition) is 3. The molecule has 0 aliphatic heterocycles. The molecule has 2 aromatic carbocycles. The number of aromatic nitrogens is 2. The molecule has 1 aliphatic carbocycles. The number of imidazole rings is 1. The van der Waals surface area contributed by atoms with Crippen LogP contribution in [0.5, 0.6) is 0 Å². The summed E-state index contributed by atoms with van der Waals surface area (Å²) < 4.78 is 0. The summed E-state index contributed by atoms with van der Waals surface area (Å²) in [6, 6.07) is 11.7. The highest BCUT2D eigenvalue weighted by Gasteiger charge is 2.45. The number of carbonyl (C=O) groups is 2. The molecule has 1 aromatic heterocycles. The monoisotopic (exact) mass is 418 g/mol. The van der Waals surface area contributed by atoms with E-state index in [0.29, 0.717) is 12.1 Å². The van der Waals surface area contributed by atoms with Gasteiger partial charge in [-0.2, -0.15) is 0 Å². The van der Waals surface area contributed by atoms with Crippen LogP contribution in [0.15, 0.2) is 42.7 Å². The summed E-state index contributed by atoms with van der Waals surface area (Å²) in [5.41, 5.74) is 5.78. The molecule has 162 valence electrons. The highest BCUT2D eigenvalue weighted by atomic mass is 16.2. The fraction of sp³-hybridized carbons (Fsp3) is 0.400. The smallest absolute Gasteiger partial charge is 0.251 e. The summed E-state index contributed by atoms with van der Waals surface area (Å²) in [7, 11) is 0. The zero-order valence-electron chi connectivity index (χ0n) is 18.6. The van der Waals surface area contributed by atoms with Crippen LogP contribution in [-0.2, 0) is 16.6 Å². The molecule has 1 unspecified atom stereocenters. The minimum atomic E-state index is -0.0874. The van der Waals surface area contributed by atoms with E-state index >= 15 is 0 Å². The van der Waals surface area contributed by atoms with E-state index in [2.05, 4.69) is 53.5 Å². The first-order valence-corrected chi connectivity index (χ1v) is 10.8. The molecule has 0 saturated heterocycles. The Kier molecular flexibility index (Phi) is 5.33. The molecule has 6 heteroatoms. The Morgan fingerprint density at radius 2 is 1.94 bits per heavy atom. The second kappa shape index (κ2) is 7.84. The number of H-pyrrole nitrogens is 1. The summed E-state index contributed by atoms with van der Waals surface area (Å²) >= 11 is 0. The predicted molar refractivity (Wildman–Crippen MR) is 123 cm³/mol. The van der Waals surface area contributed by atoms with Crippen LogP contribution in [0.4, 0.5) is 5.69 Å². The quantitative estimate of drug-likeness (QED) is 0.567. The highest BCUT2D eigenvalue weighted by molar-refractivity contribution is 5.97. The van der Waals surface area contributed by atoms with Crippen LogP contribution in [0, 0.1) is 5.41 Å². The van der Waals surface area contributed by atoms with E-state index in [1.54, 1.807) is 6.33 Å². The van der Waals surface area contributed by atoms with Gasteiger partial charge in [-0.25, -0.2) is 4.98 Å². The highest BCUT2D eigenvalue weighted by Crippen LogP contribution is 2.52. The molecule has 3 aromatic rings. The van der Waals surface area contributed by atoms with Crippen molar-refractivity contribution in [2.45, 2.75) is 52.4 Å². The number of hydrogen-bond donors (Lipinski definition) is 3. The average molecular weight is 419 g/mol. The molecule has 0 spiro atoms. The van der Waals surface area contributed by atoms with Gasteiger partial charge in [0.25, 0.3) is 5.91 Å². The molecule has 6 nitrogen and oxygen atoms in total. The van der Waals surface area contributed by atoms with Gasteiger partial charge in [-0.05, 0) is 71.6 Å². The fourth-order valence-corrected chi connectivity index (χ4v) is 4.79. The molecule has 1 atom stereocenters. The van der Waals surface area contributed by atoms with Crippen molar-refractivity contribution in [1.82, 2.24) is 15.3 Å². The molecular formula is C25H30N4O2. The Bertz CT molecular complexity index is 1150. The van der Waals surface area contributed by atoms with Gasteiger partial charge >= 0.3 is 0 Å². The normalized spacial score (nSPS) is 19.6. The Balaban J connectivity index is 1.51. The van der Waals surface area contributed by atoms with Crippen molar-refractivity contribution >= 4 is 28.5 Å². The van der Waals surface area contributed by atoms with E-state index in [4.69, 9.17) is 0 Å². The number of anilines is 1. The Hall–Kier alpha value is -3.15. The van der Waals surface area contributed by atoms with Crippen LogP contribution in [0.1, 0.15) is 62.0 Å². The van der Waals surface area contributed by atoms with Gasteiger partial charge in [0, 0.05) is 24.7 Å². The Morgan fingerprint density at radius 3 is 2.71 bits per heavy atom. The van der Waals surface area contributed by atoms with E-state index in [1.807, 2.05) is 24.3 Å². The van der Waals surface area contributed by atoms with E-state index in [9.17, 15) is 9.59 Å². The van der Waals surface area contributed by atoms with Crippen molar-refractivity contribution in [3.8, 4) is 0 Å². The third kappa shape index (κ3) is 3.94. The van der Waals surface area contributed by atoms with E-state index in [-0.39, 0.29) is 22.6 Å². The molecular weight excluding hydrogens is 388 g/mol. The lowest BCUT2D eigenvalue weighted by molar-refractivity contribution is -0.114. The van der Waals surface area contributed by atoms with Gasteiger partial charge in [-0.3, -0.25) is 9.59 Å². The first-order valence-electron chi connectivity index (χ1n) is 10.8. The van der Waals surface area contributed by atoms with Crippen LogP contribution in [0.25, 0.3) is 11.0 Å². The number of amides is 2. The van der Waals surface area contributed by atoms with Crippen molar-refractivity contribution in [2.75, 3.05) is 11.9 Å². The summed E-state index contributed by atoms with van der Waals surface area (Å²) in [6.45, 7) is 9.04. The second-order valence-corrected chi connectivity index (χ2v) is 9.41. The molecule has 2 amide bonds. The number of benzene rings is 2. The van der Waals surface area contributed by atoms with Crippen LogP contribution in [-0.4, -0.2) is 28.3 Å². The third-order valence-corrected chi connectivity index (χ3v) is 7.13. The van der Waals surface area contributed by atoms with Gasteiger partial charge in [0.2, 0.25) is 5.91 Å². The lowest BCUT2D eigenvalue weighted by atomic mass is 9.55. The van der Waals surface area contributed by atoms with E-state index in [1.165, 1.54) is 18.1 Å². The van der Waals surface area contributed by atoms with Crippen LogP contribution >= 0.6 is 0 Å². The molecule has 0 bridgehead atoms. The van der Waals surface area contributed by atoms with E-state index < -0.39 is 0 Å². The van der Waals surface area contributed by atoms with Gasteiger partial charge in [0.15, 0.2) is 0 Å². The number of rotatable bonds is 5. The minimum absolute atomic E-state index is 0.0603. The summed E-state index contributed by atoms with van der Waals surface area (Å²) in [4.78, 5) is 31.4. The number of nitrogens with one attached hydrogen (secondary N) is 3. The maximum atomic E-state index is 12.7. The van der Waals surface area contributed by atoms with Crippen molar-refractivity contribution in [3.05, 3.63) is 59.4 Å². The lowest BCUT2D eigenvalue weighted by Crippen LogP contribution is -2.45. The second-order valence-electron chi connectivity index (χ2n) is 9.41. The predicted octanol–water partition coefficient (Wildman–Crippen LogP) is 4.57. The average Bonchev–Trinajstić information content (AvgIpc) is 3.18. The Labute approximate surface area is 182 Å². The minimum Gasteiger partial charge on any atom is -0.352 e. The van der Waals surface area contributed by atoms with E-state index in [0.717, 1.165) is 36.0 Å². The zero-order valence-corrected chi connectivity index (χ0v) is 18.6. The molecule has 0 fully saturated rings. The maximum absolute atomic E-state index is 12.7. The summed E-state index contributed by atoms with van der Waals surface area (Å²) in [5.74, 6) is -0.134. The van der Waals surface area contributed by atoms with Crippen molar-refractivity contribution < 1.29 is 9.59 Å². The molecule has 3 N–H and O–H groups in total. The summed E-state index contributed by atoms with van der Waals surface area (Å²) in [6.07, 6.45) is 4.52. The molecule has 4 rings (SSSR count). The van der Waals surface area contributed by atoms with Crippen LogP contribution in [0.3, 0.4) is 0 Å². The third-order valence-electron chi connectivity index (χ3n) is 7.13. The number of aryl methyl sites for hydroxylation is 1. The lowest BCUT2D eigenvalue weighted by Gasteiger charge is -2.49. The first kappa shape index (κ1) is 21.1. The molecule has 1 aliphatic rings. The SMILES string of the molecule is CC(=O)Nc1ccc2c(c1)CCC(C)(C)C2(C)CCNC(=O)c1ccc2nc[nH]c2c1. The van der Waals surface area contributed by atoms with Gasteiger partial charge < -0.3 is 15.6 Å². The number of fused-ring (bicyclic) bond motifs is 2. The number of aromatic amines is 1. The van der Waals surface area contributed by atoms with Gasteiger partial charge in [-0.1, -0.05) is 26.8 Å². The first-order chi connectivity index (χ1) is 14.7. The van der Waals surface area contributed by atoms with Crippen molar-refractivity contribution in [2.24, 2.45) is 5.41 Å². The van der Waals surface area contributed by atoms with Gasteiger partial charge in [0.1, 0.15) is 0 Å². The van der Waals surface area contributed by atoms with Crippen molar-refractivity contribution in [1.29, 1.82) is 0 Å². The largest absolute Gasteiger partial charge is 0.352 e. The van der Waals surface area contributed by atoms with Crippen molar-refractivity contribution in [3.63, 3.8) is 0 Å². The zero-order chi connectivity index (χ0) is 22.2. The topological polar surface area (TPSA) is 86.9 Å². The van der Waals surface area contributed by atoms with Crippen LogP contribution in [0.2, 0.25) is 0 Å².